The van der Waals surface area contributed by atoms with Crippen molar-refractivity contribution in [2.24, 2.45) is 0 Å². The van der Waals surface area contributed by atoms with Gasteiger partial charge in [-0.25, -0.2) is 9.31 Å². The second-order valence-electron chi connectivity index (χ2n) is 5.49. The number of aliphatic carboxylic acids is 1. The van der Waals surface area contributed by atoms with Crippen LogP contribution in [-0.2, 0) is 4.79 Å². The van der Waals surface area contributed by atoms with Crippen LogP contribution in [-0.4, -0.2) is 32.1 Å². The molecule has 2 heterocycles. The Morgan fingerprint density at radius 1 is 1.24 bits per heavy atom. The van der Waals surface area contributed by atoms with E-state index in [0.29, 0.717) is 23.9 Å². The summed E-state index contributed by atoms with van der Waals surface area (Å²) in [7, 11) is 0. The number of hydrogen-bond donors (Lipinski definition) is 2. The minimum Gasteiger partial charge on any atom is -0.480 e. The molecule has 0 atom stereocenters. The number of nitrogens with one attached hydrogen (secondary N) is 1. The van der Waals surface area contributed by atoms with Crippen LogP contribution in [0.2, 0.25) is 0 Å². The molecular formula is C15H17N3O3. The topological polar surface area (TPSA) is 83.7 Å². The highest BCUT2D eigenvalue weighted by molar-refractivity contribution is 6.03. The van der Waals surface area contributed by atoms with Crippen LogP contribution < -0.4 is 5.32 Å². The molecule has 1 fully saturated rings. The number of carboxylic acids is 1. The minimum atomic E-state index is -1.14. The number of rotatable bonds is 3. The zero-order valence-electron chi connectivity index (χ0n) is 11.6. The van der Waals surface area contributed by atoms with Crippen LogP contribution in [0, 0.1) is 0 Å². The summed E-state index contributed by atoms with van der Waals surface area (Å²) in [6.45, 7) is 0. The summed E-state index contributed by atoms with van der Waals surface area (Å²) in [6.07, 6.45) is 6.84. The Kier molecular flexibility index (Phi) is 3.37. The third-order valence-corrected chi connectivity index (χ3v) is 4.14. The first-order valence-corrected chi connectivity index (χ1v) is 7.11. The Morgan fingerprint density at radius 2 is 2.00 bits per heavy atom. The highest BCUT2D eigenvalue weighted by Gasteiger charge is 2.41. The van der Waals surface area contributed by atoms with Crippen molar-refractivity contribution in [3.05, 3.63) is 36.2 Å². The second-order valence-corrected chi connectivity index (χ2v) is 5.49. The van der Waals surface area contributed by atoms with Gasteiger partial charge in [0, 0.05) is 6.20 Å². The van der Waals surface area contributed by atoms with Gasteiger partial charge in [0.25, 0.3) is 5.91 Å². The van der Waals surface area contributed by atoms with Crippen molar-refractivity contribution in [2.45, 2.75) is 37.6 Å². The number of aromatic nitrogens is 2. The zero-order chi connectivity index (χ0) is 14.9. The molecule has 1 saturated carbocycles. The molecule has 6 nitrogen and oxygen atoms in total. The van der Waals surface area contributed by atoms with Crippen LogP contribution in [0.25, 0.3) is 5.52 Å². The van der Waals surface area contributed by atoms with E-state index < -0.39 is 11.5 Å². The molecule has 0 radical (unpaired) electrons. The fourth-order valence-electron chi connectivity index (χ4n) is 2.94. The fraction of sp³-hybridized carbons (Fsp3) is 0.400. The molecule has 1 amide bonds. The van der Waals surface area contributed by atoms with Crippen molar-refractivity contribution >= 4 is 17.4 Å². The van der Waals surface area contributed by atoms with Gasteiger partial charge in [0.05, 0.1) is 17.3 Å². The Balaban J connectivity index is 1.89. The van der Waals surface area contributed by atoms with E-state index >= 15 is 0 Å². The summed E-state index contributed by atoms with van der Waals surface area (Å²) in [5.74, 6) is -1.33. The zero-order valence-corrected chi connectivity index (χ0v) is 11.6. The third kappa shape index (κ3) is 2.37. The Hall–Kier alpha value is -2.37. The summed E-state index contributed by atoms with van der Waals surface area (Å²) in [4.78, 5) is 24.1. The van der Waals surface area contributed by atoms with E-state index in [9.17, 15) is 14.7 Å². The first-order valence-electron chi connectivity index (χ1n) is 7.11. The van der Waals surface area contributed by atoms with Crippen molar-refractivity contribution in [1.29, 1.82) is 0 Å². The van der Waals surface area contributed by atoms with Gasteiger partial charge in [-0.3, -0.25) is 4.79 Å². The molecule has 0 aromatic carbocycles. The molecule has 0 unspecified atom stereocenters. The number of carboxylic acid groups (broad SMARTS) is 1. The summed E-state index contributed by atoms with van der Waals surface area (Å²) in [5, 5.41) is 16.4. The minimum absolute atomic E-state index is 0.375. The molecule has 3 rings (SSSR count). The first kappa shape index (κ1) is 13.6. The van der Waals surface area contributed by atoms with Crippen LogP contribution in [0.1, 0.15) is 42.5 Å². The summed E-state index contributed by atoms with van der Waals surface area (Å²) in [5.41, 5.74) is -0.0635. The lowest BCUT2D eigenvalue weighted by molar-refractivity contribution is -0.145. The highest BCUT2D eigenvalue weighted by Crippen LogP contribution is 2.29. The van der Waals surface area contributed by atoms with Gasteiger partial charge in [-0.15, -0.1) is 0 Å². The van der Waals surface area contributed by atoms with E-state index in [4.69, 9.17) is 0 Å². The van der Waals surface area contributed by atoms with Gasteiger partial charge >= 0.3 is 5.97 Å². The van der Waals surface area contributed by atoms with Crippen LogP contribution >= 0.6 is 0 Å². The maximum absolute atomic E-state index is 12.5. The maximum atomic E-state index is 12.5. The largest absolute Gasteiger partial charge is 0.480 e. The quantitative estimate of drug-likeness (QED) is 0.902. The fourth-order valence-corrected chi connectivity index (χ4v) is 2.94. The molecule has 2 aromatic rings. The molecule has 0 aliphatic heterocycles. The van der Waals surface area contributed by atoms with Crippen LogP contribution in [0.15, 0.2) is 30.6 Å². The van der Waals surface area contributed by atoms with Crippen LogP contribution in [0.3, 0.4) is 0 Å². The number of carbonyl (C=O) groups excluding carboxylic acids is 1. The van der Waals surface area contributed by atoms with Crippen LogP contribution in [0.4, 0.5) is 0 Å². The lowest BCUT2D eigenvalue weighted by atomic mass is 9.81. The van der Waals surface area contributed by atoms with Gasteiger partial charge in [0.1, 0.15) is 5.54 Å². The standard InChI is InChI=1S/C15H17N3O3/c19-13(11-10-16-18-9-5-2-6-12(11)18)17-15(14(20)21)7-3-1-4-8-15/h2,5-6,9-10H,1,3-4,7-8H2,(H,17,19)(H,20,21). The number of nitrogens with zero attached hydrogens (tertiary/aromatic N) is 2. The average Bonchev–Trinajstić information content (AvgIpc) is 2.92. The predicted molar refractivity (Wildman–Crippen MR) is 76.1 cm³/mol. The number of hydrogen-bond acceptors (Lipinski definition) is 3. The lowest BCUT2D eigenvalue weighted by Gasteiger charge is -2.33. The van der Waals surface area contributed by atoms with Gasteiger partial charge in [-0.2, -0.15) is 5.10 Å². The van der Waals surface area contributed by atoms with Crippen molar-refractivity contribution < 1.29 is 14.7 Å². The molecule has 1 aliphatic rings. The van der Waals surface area contributed by atoms with Gasteiger partial charge < -0.3 is 10.4 Å². The van der Waals surface area contributed by atoms with Crippen LogP contribution in [0.5, 0.6) is 0 Å². The van der Waals surface area contributed by atoms with Crippen molar-refractivity contribution in [3.63, 3.8) is 0 Å². The molecule has 6 heteroatoms. The molecular weight excluding hydrogens is 270 g/mol. The molecule has 0 bridgehead atoms. The van der Waals surface area contributed by atoms with E-state index in [0.717, 1.165) is 19.3 Å². The normalized spacial score (nSPS) is 17.5. The van der Waals surface area contributed by atoms with Gasteiger partial charge in [-0.05, 0) is 25.0 Å². The lowest BCUT2D eigenvalue weighted by Crippen LogP contribution is -2.55. The van der Waals surface area contributed by atoms with Gasteiger partial charge in [0.2, 0.25) is 0 Å². The molecule has 21 heavy (non-hydrogen) atoms. The SMILES string of the molecule is O=C(NC1(C(=O)O)CCCCC1)c1cnn2ccccc12. The number of carbonyl (C=O) groups is 2. The van der Waals surface area contributed by atoms with E-state index in [1.165, 1.54) is 6.20 Å². The predicted octanol–water partition coefficient (Wildman–Crippen LogP) is 1.85. The van der Waals surface area contributed by atoms with Gasteiger partial charge in [0.15, 0.2) is 0 Å². The van der Waals surface area contributed by atoms with Crippen molar-refractivity contribution in [3.8, 4) is 0 Å². The molecule has 0 saturated heterocycles. The van der Waals surface area contributed by atoms with Gasteiger partial charge in [-0.1, -0.05) is 25.3 Å². The molecule has 1 aliphatic carbocycles. The number of fused-ring (bicyclic) bond motifs is 1. The highest BCUT2D eigenvalue weighted by atomic mass is 16.4. The molecule has 2 aromatic heterocycles. The van der Waals surface area contributed by atoms with E-state index in [2.05, 4.69) is 10.4 Å². The Labute approximate surface area is 121 Å². The molecule has 110 valence electrons. The number of pyridine rings is 1. The molecule has 2 N–H and O–H groups in total. The van der Waals surface area contributed by atoms with Crippen molar-refractivity contribution in [2.75, 3.05) is 0 Å². The summed E-state index contributed by atoms with van der Waals surface area (Å²) in [6, 6.07) is 5.43. The monoisotopic (exact) mass is 287 g/mol. The summed E-state index contributed by atoms with van der Waals surface area (Å²) < 4.78 is 1.60. The summed E-state index contributed by atoms with van der Waals surface area (Å²) >= 11 is 0. The van der Waals surface area contributed by atoms with Crippen molar-refractivity contribution in [1.82, 2.24) is 14.9 Å². The smallest absolute Gasteiger partial charge is 0.329 e. The van der Waals surface area contributed by atoms with E-state index in [-0.39, 0.29) is 5.91 Å². The van der Waals surface area contributed by atoms with E-state index in [1.807, 2.05) is 12.1 Å². The third-order valence-electron chi connectivity index (χ3n) is 4.14. The van der Waals surface area contributed by atoms with E-state index in [1.54, 1.807) is 16.8 Å². The Morgan fingerprint density at radius 3 is 2.71 bits per heavy atom. The maximum Gasteiger partial charge on any atom is 0.329 e. The first-order chi connectivity index (χ1) is 10.1. The number of amides is 1. The Bertz CT molecular complexity index is 686. The average molecular weight is 287 g/mol. The second kappa shape index (κ2) is 5.20. The molecule has 0 spiro atoms.